The topological polar surface area (TPSA) is 146 Å². The van der Waals surface area contributed by atoms with E-state index in [9.17, 15) is 30.3 Å². The first-order valence-corrected chi connectivity index (χ1v) is 9.48. The molecule has 6 atom stereocenters. The van der Waals surface area contributed by atoms with E-state index in [0.29, 0.717) is 0 Å². The summed E-state index contributed by atoms with van der Waals surface area (Å²) in [5, 5.41) is 49.5. The average molecular weight is 418 g/mol. The van der Waals surface area contributed by atoms with Crippen LogP contribution in [0.4, 0.5) is 0 Å². The fourth-order valence-electron chi connectivity index (χ4n) is 3.64. The zero-order chi connectivity index (χ0) is 21.4. The SMILES string of the molecule is O=C1CC(c2ccccc2)Oc2cc(O[C@@H]3O[C@H](CO)[C@@H](O)C(O)C3O)cc(O)c21. The largest absolute Gasteiger partial charge is 0.507 e. The number of aromatic hydroxyl groups is 1. The number of Topliss-reactive ketones (excluding diaryl/α,β-unsaturated/α-hetero) is 1. The van der Waals surface area contributed by atoms with Crippen molar-refractivity contribution in [3.63, 3.8) is 0 Å². The van der Waals surface area contributed by atoms with Crippen molar-refractivity contribution in [3.05, 3.63) is 53.6 Å². The number of ether oxygens (including phenoxy) is 3. The minimum atomic E-state index is -1.61. The summed E-state index contributed by atoms with van der Waals surface area (Å²) in [5.41, 5.74) is 0.833. The van der Waals surface area contributed by atoms with Crippen molar-refractivity contribution in [1.29, 1.82) is 0 Å². The number of aliphatic hydroxyl groups excluding tert-OH is 4. The third-order valence-electron chi connectivity index (χ3n) is 5.25. The van der Waals surface area contributed by atoms with Crippen LogP contribution in [0.5, 0.6) is 17.2 Å². The highest BCUT2D eigenvalue weighted by molar-refractivity contribution is 6.02. The van der Waals surface area contributed by atoms with Gasteiger partial charge in [0.2, 0.25) is 6.29 Å². The number of aliphatic hydroxyl groups is 4. The number of ketones is 1. The van der Waals surface area contributed by atoms with Gasteiger partial charge in [-0.15, -0.1) is 0 Å². The third kappa shape index (κ3) is 3.73. The highest BCUT2D eigenvalue weighted by Crippen LogP contribution is 2.42. The van der Waals surface area contributed by atoms with Crippen LogP contribution in [0.2, 0.25) is 0 Å². The van der Waals surface area contributed by atoms with E-state index in [-0.39, 0.29) is 35.0 Å². The number of phenols is 1. The lowest BCUT2D eigenvalue weighted by Gasteiger charge is -2.39. The lowest BCUT2D eigenvalue weighted by atomic mass is 9.95. The number of hydrogen-bond donors (Lipinski definition) is 5. The van der Waals surface area contributed by atoms with Gasteiger partial charge in [0.15, 0.2) is 5.78 Å². The van der Waals surface area contributed by atoms with Crippen molar-refractivity contribution in [2.24, 2.45) is 0 Å². The number of hydrogen-bond acceptors (Lipinski definition) is 9. The number of fused-ring (bicyclic) bond motifs is 1. The predicted molar refractivity (Wildman–Crippen MR) is 101 cm³/mol. The zero-order valence-electron chi connectivity index (χ0n) is 15.8. The molecule has 0 aromatic heterocycles. The molecule has 9 nitrogen and oxygen atoms in total. The Morgan fingerprint density at radius 1 is 1.03 bits per heavy atom. The second-order valence-electron chi connectivity index (χ2n) is 7.28. The monoisotopic (exact) mass is 418 g/mol. The molecule has 5 N–H and O–H groups in total. The van der Waals surface area contributed by atoms with Crippen molar-refractivity contribution in [3.8, 4) is 17.2 Å². The summed E-state index contributed by atoms with van der Waals surface area (Å²) >= 11 is 0. The summed E-state index contributed by atoms with van der Waals surface area (Å²) < 4.78 is 16.8. The van der Waals surface area contributed by atoms with E-state index in [1.54, 1.807) is 0 Å². The molecule has 2 aliphatic rings. The molecule has 30 heavy (non-hydrogen) atoms. The van der Waals surface area contributed by atoms with Gasteiger partial charge in [-0.1, -0.05) is 30.3 Å². The van der Waals surface area contributed by atoms with Crippen LogP contribution >= 0.6 is 0 Å². The number of carbonyl (C=O) groups is 1. The van der Waals surface area contributed by atoms with Crippen LogP contribution in [0.25, 0.3) is 0 Å². The Labute approximate surface area is 171 Å². The van der Waals surface area contributed by atoms with Crippen molar-refractivity contribution >= 4 is 5.78 Å². The first-order chi connectivity index (χ1) is 14.4. The van der Waals surface area contributed by atoms with Gasteiger partial charge >= 0.3 is 0 Å². The van der Waals surface area contributed by atoms with Crippen molar-refractivity contribution < 1.29 is 44.5 Å². The van der Waals surface area contributed by atoms with Gasteiger partial charge in [0, 0.05) is 12.1 Å². The van der Waals surface area contributed by atoms with Crippen LogP contribution in [-0.2, 0) is 4.74 Å². The Balaban J connectivity index is 1.60. The first-order valence-electron chi connectivity index (χ1n) is 9.48. The van der Waals surface area contributed by atoms with E-state index < -0.39 is 43.4 Å². The third-order valence-corrected chi connectivity index (χ3v) is 5.25. The Bertz CT molecular complexity index is 914. The highest BCUT2D eigenvalue weighted by atomic mass is 16.7. The smallest absolute Gasteiger partial charge is 0.229 e. The van der Waals surface area contributed by atoms with E-state index in [1.807, 2.05) is 30.3 Å². The first kappa shape index (κ1) is 20.6. The fraction of sp³-hybridized carbons (Fsp3) is 0.381. The maximum absolute atomic E-state index is 12.6. The molecule has 2 aliphatic heterocycles. The number of carbonyl (C=O) groups excluding carboxylic acids is 1. The van der Waals surface area contributed by atoms with Crippen LogP contribution in [0.15, 0.2) is 42.5 Å². The lowest BCUT2D eigenvalue weighted by Crippen LogP contribution is -2.60. The van der Waals surface area contributed by atoms with E-state index in [1.165, 1.54) is 12.1 Å². The molecule has 2 heterocycles. The predicted octanol–water partition coefficient (Wildman–Crippen LogP) is 0.277. The lowest BCUT2D eigenvalue weighted by molar-refractivity contribution is -0.277. The Hall–Kier alpha value is -2.69. The van der Waals surface area contributed by atoms with Crippen LogP contribution < -0.4 is 9.47 Å². The minimum absolute atomic E-state index is 0.0112. The van der Waals surface area contributed by atoms with Gasteiger partial charge in [-0.05, 0) is 5.56 Å². The van der Waals surface area contributed by atoms with E-state index >= 15 is 0 Å². The molecule has 0 bridgehead atoms. The van der Waals surface area contributed by atoms with Gasteiger partial charge in [-0.3, -0.25) is 4.79 Å². The number of benzene rings is 2. The summed E-state index contributed by atoms with van der Waals surface area (Å²) in [6.07, 6.45) is -7.77. The highest BCUT2D eigenvalue weighted by Gasteiger charge is 2.45. The van der Waals surface area contributed by atoms with Gasteiger partial charge in [-0.25, -0.2) is 0 Å². The van der Waals surface area contributed by atoms with Crippen LogP contribution in [0.1, 0.15) is 28.4 Å². The fourth-order valence-corrected chi connectivity index (χ4v) is 3.64. The van der Waals surface area contributed by atoms with Gasteiger partial charge in [0.1, 0.15) is 53.3 Å². The molecular weight excluding hydrogens is 396 g/mol. The second kappa shape index (κ2) is 8.21. The standard InChI is InChI=1S/C21H22O9/c22-9-16-18(25)19(26)20(27)21(30-16)28-11-6-12(23)17-13(24)8-14(29-15(17)7-11)10-4-2-1-3-5-10/h1-7,14,16,18-23,25-27H,8-9H2/t14?,16-,18-,19?,20?,21-/m1/s1. The summed E-state index contributed by atoms with van der Waals surface area (Å²) in [4.78, 5) is 12.6. The number of rotatable bonds is 4. The van der Waals surface area contributed by atoms with Crippen LogP contribution in [0, 0.1) is 0 Å². The van der Waals surface area contributed by atoms with Crippen molar-refractivity contribution in [2.45, 2.75) is 43.2 Å². The molecular formula is C21H22O9. The average Bonchev–Trinajstić information content (AvgIpc) is 2.74. The Morgan fingerprint density at radius 2 is 1.77 bits per heavy atom. The Kier molecular flexibility index (Phi) is 5.63. The molecule has 9 heteroatoms. The van der Waals surface area contributed by atoms with Crippen LogP contribution in [-0.4, -0.2) is 68.6 Å². The maximum Gasteiger partial charge on any atom is 0.229 e. The molecule has 160 valence electrons. The number of phenolic OH excluding ortho intramolecular Hbond substituents is 1. The van der Waals surface area contributed by atoms with Crippen LogP contribution in [0.3, 0.4) is 0 Å². The van der Waals surface area contributed by atoms with E-state index in [0.717, 1.165) is 5.56 Å². The summed E-state index contributed by atoms with van der Waals surface area (Å²) in [5.74, 6) is -0.526. The van der Waals surface area contributed by atoms with Gasteiger partial charge in [0.25, 0.3) is 0 Å². The van der Waals surface area contributed by atoms with Gasteiger partial charge in [0.05, 0.1) is 13.0 Å². The summed E-state index contributed by atoms with van der Waals surface area (Å²) in [6.45, 7) is -0.601. The van der Waals surface area contributed by atoms with Crippen molar-refractivity contribution in [2.75, 3.05) is 6.61 Å². The molecule has 1 fully saturated rings. The molecule has 1 saturated heterocycles. The maximum atomic E-state index is 12.6. The normalized spacial score (nSPS) is 31.0. The molecule has 0 spiro atoms. The molecule has 3 unspecified atom stereocenters. The summed E-state index contributed by atoms with van der Waals surface area (Å²) in [6, 6.07) is 11.7. The van der Waals surface area contributed by atoms with Gasteiger partial charge < -0.3 is 39.7 Å². The molecule has 0 saturated carbocycles. The zero-order valence-corrected chi connectivity index (χ0v) is 15.8. The molecule has 2 aromatic carbocycles. The minimum Gasteiger partial charge on any atom is -0.507 e. The summed E-state index contributed by atoms with van der Waals surface area (Å²) in [7, 11) is 0. The molecule has 4 rings (SSSR count). The van der Waals surface area contributed by atoms with E-state index in [4.69, 9.17) is 14.2 Å². The molecule has 0 amide bonds. The molecule has 0 aliphatic carbocycles. The molecule has 0 radical (unpaired) electrons. The van der Waals surface area contributed by atoms with Crippen molar-refractivity contribution in [1.82, 2.24) is 0 Å². The second-order valence-corrected chi connectivity index (χ2v) is 7.28. The Morgan fingerprint density at radius 3 is 2.47 bits per heavy atom. The van der Waals surface area contributed by atoms with Gasteiger partial charge in [-0.2, -0.15) is 0 Å². The van der Waals surface area contributed by atoms with E-state index in [2.05, 4.69) is 0 Å². The quantitative estimate of drug-likeness (QED) is 0.472. The molecule has 2 aromatic rings.